The Morgan fingerprint density at radius 3 is 1.53 bits per heavy atom. The Kier molecular flexibility index (Phi) is 23.0. The molecule has 10 aromatic rings. The second-order valence-corrected chi connectivity index (χ2v) is 25.4. The van der Waals surface area contributed by atoms with E-state index in [0.717, 1.165) is 83.5 Å². The third-order valence-electron chi connectivity index (χ3n) is 13.1. The molecule has 1 aliphatic heterocycles. The summed E-state index contributed by atoms with van der Waals surface area (Å²) in [6, 6.07) is 35.3. The number of nitrogens with zero attached hydrogens (tertiary/aromatic N) is 8. The zero-order valence-electron chi connectivity index (χ0n) is 47.3. The number of carbonyl (C=O) groups is 2. The number of alkyl halides is 9. The molecule has 0 unspecified atom stereocenters. The third kappa shape index (κ3) is 18.0. The van der Waals surface area contributed by atoms with Gasteiger partial charge in [0.05, 0.1) is 40.2 Å². The van der Waals surface area contributed by atoms with Gasteiger partial charge in [0.2, 0.25) is 0 Å². The van der Waals surface area contributed by atoms with Crippen LogP contribution < -0.4 is 4.89 Å². The summed E-state index contributed by atoms with van der Waals surface area (Å²) in [7, 11) is 1.43. The van der Waals surface area contributed by atoms with Crippen LogP contribution in [0.5, 0.6) is 5.75 Å². The van der Waals surface area contributed by atoms with E-state index in [1.54, 1.807) is 38.0 Å². The van der Waals surface area contributed by atoms with Crippen LogP contribution in [-0.4, -0.2) is 70.6 Å². The van der Waals surface area contributed by atoms with Gasteiger partial charge in [-0.05, 0) is 141 Å². The fourth-order valence-corrected chi connectivity index (χ4v) is 11.2. The first-order valence-electron chi connectivity index (χ1n) is 25.8. The highest BCUT2D eigenvalue weighted by molar-refractivity contribution is 9.10. The number of carbonyl (C=O) groups excluding carboxylic acids is 2. The number of thioether (sulfide) groups is 1. The molecule has 11 rings (SSSR count). The van der Waals surface area contributed by atoms with Gasteiger partial charge in [0.25, 0.3) is 15.0 Å². The Bertz CT molecular complexity index is 4430. The standard InChI is InChI=1S/C23H17F3N2S.C16H10ClF3N2O2S.C8H4BrClN2.C8H7F3O3.C5H6Cl2N2O2/c1-15-11-18(23(24,25)26)7-9-20(15)22-21-10-8-19(12-17(21)13-27-28-22)29-14-16-5-3-2-4-6-16;1-9-6-11(16(18,19)20)2-4-13(9)15-14-5-3-12(25(17,23)24)7-10(14)8-21-22-15;9-6-1-2-7-5(3-6)4-11-12-8(7)10;1-5-4-6(8(9,10)11)2-3-7(5)13-14-12;1-5(2)3(10)8(6)4(11)9(5)7/h2-13H,14H2,1H3;2-8H,1H3;1-4H;2-4,12H,1H3;1-2H3. The number of urea groups is 1. The van der Waals surface area contributed by atoms with Gasteiger partial charge in [-0.15, -0.1) is 27.1 Å². The molecule has 1 saturated heterocycles. The van der Waals surface area contributed by atoms with Crippen LogP contribution in [-0.2, 0) is 43.2 Å². The molecule has 1 aliphatic rings. The number of halogens is 14. The minimum Gasteiger partial charge on any atom is -0.308 e. The summed E-state index contributed by atoms with van der Waals surface area (Å²) < 4.78 is 139. The molecule has 15 nitrogen and oxygen atoms in total. The number of aryl methyl sites for hydroxylation is 3. The molecule has 0 aliphatic carbocycles. The predicted octanol–water partition coefficient (Wildman–Crippen LogP) is 18.6. The van der Waals surface area contributed by atoms with Crippen LogP contribution in [0.25, 0.3) is 54.8 Å². The van der Waals surface area contributed by atoms with Crippen molar-refractivity contribution in [3.8, 4) is 28.3 Å². The average molecular weight is 1450 g/mol. The van der Waals surface area contributed by atoms with Gasteiger partial charge in [0.15, 0.2) is 10.9 Å². The van der Waals surface area contributed by atoms with Gasteiger partial charge in [-0.25, -0.2) is 22.9 Å². The van der Waals surface area contributed by atoms with E-state index in [2.05, 4.69) is 68.6 Å². The molecule has 0 spiro atoms. The summed E-state index contributed by atoms with van der Waals surface area (Å²) in [5.74, 6) is 0.370. The van der Waals surface area contributed by atoms with Crippen molar-refractivity contribution in [1.29, 1.82) is 0 Å². The lowest BCUT2D eigenvalue weighted by Gasteiger charge is -2.18. The van der Waals surface area contributed by atoms with Crippen molar-refractivity contribution in [2.24, 2.45) is 0 Å². The van der Waals surface area contributed by atoms with E-state index in [1.165, 1.54) is 62.9 Å². The lowest BCUT2D eigenvalue weighted by molar-refractivity contribution is -0.439. The maximum absolute atomic E-state index is 13.0. The van der Waals surface area contributed by atoms with Gasteiger partial charge >= 0.3 is 24.6 Å². The van der Waals surface area contributed by atoms with E-state index in [4.69, 9.17) is 51.1 Å². The number of rotatable bonds is 8. The van der Waals surface area contributed by atoms with E-state index in [9.17, 15) is 57.5 Å². The number of hydrogen-bond acceptors (Lipinski definition) is 14. The molecule has 476 valence electrons. The zero-order valence-corrected chi connectivity index (χ0v) is 53.5. The molecule has 0 atom stereocenters. The first-order valence-corrected chi connectivity index (χ1v) is 31.0. The highest BCUT2D eigenvalue weighted by Crippen LogP contribution is 2.39. The Labute approximate surface area is 544 Å². The minimum absolute atomic E-state index is 0.0282. The van der Waals surface area contributed by atoms with Gasteiger partial charge < -0.3 is 4.89 Å². The molecule has 4 heterocycles. The van der Waals surface area contributed by atoms with E-state index < -0.39 is 61.7 Å². The van der Waals surface area contributed by atoms with Crippen LogP contribution in [0.4, 0.5) is 44.3 Å². The Balaban J connectivity index is 0.000000171. The summed E-state index contributed by atoms with van der Waals surface area (Å²) in [5, 5.41) is 40.0. The van der Waals surface area contributed by atoms with Crippen molar-refractivity contribution in [3.05, 3.63) is 207 Å². The summed E-state index contributed by atoms with van der Waals surface area (Å²) in [6.45, 7) is 7.65. The lowest BCUT2D eigenvalue weighted by Crippen LogP contribution is -2.38. The number of benzene rings is 7. The molecule has 0 saturated carbocycles. The van der Waals surface area contributed by atoms with Gasteiger partial charge in [0.1, 0.15) is 16.9 Å². The molecule has 1 fully saturated rings. The summed E-state index contributed by atoms with van der Waals surface area (Å²) in [5.41, 5.74) is 1.21. The summed E-state index contributed by atoms with van der Waals surface area (Å²) in [4.78, 5) is 27.2. The van der Waals surface area contributed by atoms with Crippen LogP contribution in [0.15, 0.2) is 172 Å². The molecular weight excluding hydrogens is 1400 g/mol. The topological polar surface area (TPSA) is 191 Å². The number of aromatic nitrogens is 6. The fraction of sp³-hybridized carbons (Fsp3) is 0.167. The molecule has 91 heavy (non-hydrogen) atoms. The Hall–Kier alpha value is -7.47. The quantitative estimate of drug-likeness (QED) is 0.0287. The molecule has 3 amide bonds. The Morgan fingerprint density at radius 1 is 0.604 bits per heavy atom. The minimum atomic E-state index is -4.43. The van der Waals surface area contributed by atoms with Crippen molar-refractivity contribution >= 4 is 127 Å². The number of fused-ring (bicyclic) bond motifs is 3. The predicted molar refractivity (Wildman–Crippen MR) is 331 cm³/mol. The molecule has 0 radical (unpaired) electrons. The van der Waals surface area contributed by atoms with Crippen molar-refractivity contribution in [1.82, 2.24) is 39.4 Å². The SMILES string of the molecule is CC1(C)C(=O)N(Cl)C(=O)N1Cl.Cc1cc(C(F)(F)F)ccc1-c1nncc2cc(S(=O)(=O)Cl)ccc12.Cc1cc(C(F)(F)F)ccc1-c1nncc2cc(SCc3ccccc3)ccc12.Cc1cc(C(F)(F)F)ccc1OOO.Clc1nncc2cc(Br)ccc12. The van der Waals surface area contributed by atoms with Crippen LogP contribution >= 0.6 is 73.5 Å². The largest absolute Gasteiger partial charge is 0.416 e. The average Bonchev–Trinajstić information content (AvgIpc) is 1.82. The van der Waals surface area contributed by atoms with E-state index >= 15 is 0 Å². The molecular formula is C60H44BrCl4F9N8O7S2. The second-order valence-electron chi connectivity index (χ2n) is 19.9. The first-order chi connectivity index (χ1) is 42.6. The lowest BCUT2D eigenvalue weighted by atomic mass is 9.99. The number of amides is 3. The molecule has 3 aromatic heterocycles. The van der Waals surface area contributed by atoms with E-state index in [1.807, 2.05) is 54.6 Å². The monoisotopic (exact) mass is 1440 g/mol. The van der Waals surface area contributed by atoms with Crippen molar-refractivity contribution in [3.63, 3.8) is 0 Å². The van der Waals surface area contributed by atoms with Gasteiger partial charge in [-0.3, -0.25) is 4.79 Å². The fourth-order valence-electron chi connectivity index (χ4n) is 8.43. The van der Waals surface area contributed by atoms with Crippen molar-refractivity contribution in [2.75, 3.05) is 0 Å². The van der Waals surface area contributed by atoms with E-state index in [-0.39, 0.29) is 16.2 Å². The van der Waals surface area contributed by atoms with Crippen molar-refractivity contribution in [2.45, 2.75) is 74.2 Å². The molecule has 1 N–H and O–H groups in total. The normalized spacial score (nSPS) is 13.1. The third-order valence-corrected chi connectivity index (χ3v) is 17.2. The maximum atomic E-state index is 13.0. The van der Waals surface area contributed by atoms with Gasteiger partial charge in [-0.1, -0.05) is 88.2 Å². The Morgan fingerprint density at radius 2 is 1.08 bits per heavy atom. The van der Waals surface area contributed by atoms with Crippen LogP contribution in [0.1, 0.15) is 52.8 Å². The first kappa shape index (κ1) is 71.0. The van der Waals surface area contributed by atoms with Crippen LogP contribution in [0, 0.1) is 20.8 Å². The van der Waals surface area contributed by atoms with Crippen molar-refractivity contribution < 1.29 is 72.7 Å². The number of hydrogen-bond donors (Lipinski definition) is 1. The zero-order chi connectivity index (χ0) is 67.0. The summed E-state index contributed by atoms with van der Waals surface area (Å²) in [6.07, 6.45) is -8.44. The molecule has 31 heteroatoms. The van der Waals surface area contributed by atoms with Gasteiger partial charge in [-0.2, -0.15) is 59.2 Å². The highest BCUT2D eigenvalue weighted by Gasteiger charge is 2.51. The molecule has 7 aromatic carbocycles. The number of imide groups is 1. The second kappa shape index (κ2) is 29.4. The summed E-state index contributed by atoms with van der Waals surface area (Å²) >= 11 is 21.7. The van der Waals surface area contributed by atoms with Crippen LogP contribution in [0.2, 0.25) is 5.15 Å². The van der Waals surface area contributed by atoms with Gasteiger partial charge in [0, 0.05) is 92.8 Å². The smallest absolute Gasteiger partial charge is 0.308 e. The molecule has 0 bridgehead atoms. The maximum Gasteiger partial charge on any atom is 0.416 e. The highest BCUT2D eigenvalue weighted by atomic mass is 79.9. The van der Waals surface area contributed by atoms with E-state index in [0.29, 0.717) is 54.0 Å². The van der Waals surface area contributed by atoms with Crippen LogP contribution in [0.3, 0.4) is 0 Å².